The van der Waals surface area contributed by atoms with E-state index in [0.717, 1.165) is 11.3 Å². The summed E-state index contributed by atoms with van der Waals surface area (Å²) in [6, 6.07) is 9.33. The minimum Gasteiger partial charge on any atom is -0.497 e. The molecule has 1 aromatic heterocycles. The molecule has 0 aliphatic rings. The first kappa shape index (κ1) is 20.6. The average molecular weight is 410 g/mol. The van der Waals surface area contributed by atoms with Crippen molar-refractivity contribution in [3.63, 3.8) is 0 Å². The van der Waals surface area contributed by atoms with Crippen LogP contribution >= 0.6 is 22.9 Å². The molecular weight excluding hydrogens is 394 g/mol. The first-order chi connectivity index (χ1) is 12.9. The van der Waals surface area contributed by atoms with Crippen LogP contribution in [-0.4, -0.2) is 37.3 Å². The first-order valence-corrected chi connectivity index (χ1v) is 9.01. The number of halogens is 1. The van der Waals surface area contributed by atoms with Crippen molar-refractivity contribution in [1.82, 2.24) is 5.32 Å². The number of imide groups is 1. The molecule has 1 aromatic carbocycles. The molecule has 1 N–H and O–H groups in total. The van der Waals surface area contributed by atoms with Crippen LogP contribution in [0.5, 0.6) is 5.75 Å². The summed E-state index contributed by atoms with van der Waals surface area (Å²) in [6.45, 7) is -0.611. The number of carbonyl (C=O) groups excluding carboxylic acids is 4. The number of amides is 2. The number of ether oxygens (including phenoxy) is 2. The van der Waals surface area contributed by atoms with E-state index in [1.165, 1.54) is 19.2 Å². The van der Waals surface area contributed by atoms with Crippen LogP contribution in [0.4, 0.5) is 0 Å². The van der Waals surface area contributed by atoms with Gasteiger partial charge >= 0.3 is 5.97 Å². The van der Waals surface area contributed by atoms with Crippen LogP contribution in [-0.2, 0) is 14.3 Å². The van der Waals surface area contributed by atoms with Gasteiger partial charge in [-0.3, -0.25) is 24.5 Å². The molecule has 7 nitrogen and oxygen atoms in total. The number of rotatable bonds is 8. The van der Waals surface area contributed by atoms with E-state index in [2.05, 4.69) is 5.32 Å². The molecule has 2 rings (SSSR count). The Balaban J connectivity index is 1.71. The summed E-state index contributed by atoms with van der Waals surface area (Å²) in [6.07, 6.45) is -0.226. The Bertz CT molecular complexity index is 846. The number of hydrogen-bond donors (Lipinski definition) is 1. The lowest BCUT2D eigenvalue weighted by atomic mass is 10.2. The number of thiophene rings is 1. The van der Waals surface area contributed by atoms with Crippen LogP contribution in [0.3, 0.4) is 0 Å². The van der Waals surface area contributed by atoms with Crippen molar-refractivity contribution in [2.45, 2.75) is 12.8 Å². The van der Waals surface area contributed by atoms with Crippen LogP contribution in [0, 0.1) is 0 Å². The number of nitrogens with one attached hydrogen (secondary N) is 1. The highest BCUT2D eigenvalue weighted by atomic mass is 35.5. The molecule has 2 aromatic rings. The maximum Gasteiger partial charge on any atom is 0.306 e. The Labute approximate surface area is 164 Å². The molecule has 142 valence electrons. The Hall–Kier alpha value is -2.71. The van der Waals surface area contributed by atoms with E-state index in [-0.39, 0.29) is 24.2 Å². The summed E-state index contributed by atoms with van der Waals surface area (Å²) in [5, 5.41) is 2.11. The topological polar surface area (TPSA) is 98.8 Å². The zero-order valence-electron chi connectivity index (χ0n) is 14.3. The Morgan fingerprint density at radius 3 is 2.33 bits per heavy atom. The molecule has 0 aliphatic heterocycles. The third kappa shape index (κ3) is 6.50. The van der Waals surface area contributed by atoms with Crippen molar-refractivity contribution in [1.29, 1.82) is 0 Å². The summed E-state index contributed by atoms with van der Waals surface area (Å²) < 4.78 is 10.2. The number of Topliss-reactive ketones (excluding diaryl/α,β-unsaturated/α-hetero) is 1. The molecule has 0 bridgehead atoms. The average Bonchev–Trinajstić information content (AvgIpc) is 3.11. The fourth-order valence-corrected chi connectivity index (χ4v) is 3.01. The number of benzene rings is 1. The molecular formula is C18H16ClNO6S. The van der Waals surface area contributed by atoms with E-state index in [1.807, 2.05) is 0 Å². The van der Waals surface area contributed by atoms with Gasteiger partial charge in [-0.15, -0.1) is 11.3 Å². The fourth-order valence-electron chi connectivity index (χ4n) is 2.00. The molecule has 0 radical (unpaired) electrons. The van der Waals surface area contributed by atoms with Crippen LogP contribution in [0.25, 0.3) is 0 Å². The van der Waals surface area contributed by atoms with Crippen molar-refractivity contribution >= 4 is 46.5 Å². The summed E-state index contributed by atoms with van der Waals surface area (Å²) >= 11 is 6.88. The van der Waals surface area contributed by atoms with Gasteiger partial charge < -0.3 is 9.47 Å². The second kappa shape index (κ2) is 9.84. The van der Waals surface area contributed by atoms with Crippen molar-refractivity contribution < 1.29 is 28.7 Å². The lowest BCUT2D eigenvalue weighted by Gasteiger charge is -2.06. The van der Waals surface area contributed by atoms with Crippen molar-refractivity contribution in [2.75, 3.05) is 13.7 Å². The first-order valence-electron chi connectivity index (χ1n) is 7.81. The fraction of sp³-hybridized carbons (Fsp3) is 0.222. The van der Waals surface area contributed by atoms with E-state index >= 15 is 0 Å². The van der Waals surface area contributed by atoms with Crippen LogP contribution in [0.2, 0.25) is 4.34 Å². The highest BCUT2D eigenvalue weighted by Gasteiger charge is 2.15. The number of hydrogen-bond acceptors (Lipinski definition) is 7. The monoisotopic (exact) mass is 409 g/mol. The Morgan fingerprint density at radius 1 is 1.04 bits per heavy atom. The van der Waals surface area contributed by atoms with Gasteiger partial charge in [-0.2, -0.15) is 0 Å². The number of methoxy groups -OCH3 is 1. The van der Waals surface area contributed by atoms with E-state index < -0.39 is 24.4 Å². The minimum absolute atomic E-state index is 0.0535. The van der Waals surface area contributed by atoms with Gasteiger partial charge in [0, 0.05) is 12.0 Å². The number of ketones is 1. The third-order valence-corrected chi connectivity index (χ3v) is 4.65. The van der Waals surface area contributed by atoms with Crippen LogP contribution < -0.4 is 10.1 Å². The summed E-state index contributed by atoms with van der Waals surface area (Å²) in [7, 11) is 1.50. The quantitative estimate of drug-likeness (QED) is 0.531. The summed E-state index contributed by atoms with van der Waals surface area (Å²) in [5.41, 5.74) is 0.260. The molecule has 9 heteroatoms. The van der Waals surface area contributed by atoms with E-state index in [4.69, 9.17) is 21.1 Å². The van der Waals surface area contributed by atoms with E-state index in [0.29, 0.717) is 15.0 Å². The zero-order valence-corrected chi connectivity index (χ0v) is 15.9. The van der Waals surface area contributed by atoms with Gasteiger partial charge in [0.25, 0.3) is 11.8 Å². The Morgan fingerprint density at radius 2 is 1.74 bits per heavy atom. The zero-order chi connectivity index (χ0) is 19.8. The number of esters is 1. The van der Waals surface area contributed by atoms with Crippen LogP contribution in [0.1, 0.15) is 32.9 Å². The molecule has 0 atom stereocenters. The predicted molar refractivity (Wildman–Crippen MR) is 99.3 cm³/mol. The van der Waals surface area contributed by atoms with Gasteiger partial charge in [-0.05, 0) is 36.4 Å². The van der Waals surface area contributed by atoms with E-state index in [9.17, 15) is 19.2 Å². The van der Waals surface area contributed by atoms with Gasteiger partial charge in [-0.1, -0.05) is 11.6 Å². The maximum atomic E-state index is 11.9. The smallest absolute Gasteiger partial charge is 0.306 e. The second-order valence-corrected chi connectivity index (χ2v) is 7.01. The molecule has 0 saturated heterocycles. The molecule has 0 spiro atoms. The second-order valence-electron chi connectivity index (χ2n) is 5.29. The maximum absolute atomic E-state index is 11.9. The molecule has 0 fully saturated rings. The normalized spacial score (nSPS) is 10.1. The number of carbonyl (C=O) groups is 4. The molecule has 2 amide bonds. The lowest BCUT2D eigenvalue weighted by Crippen LogP contribution is -2.34. The molecule has 0 unspecified atom stereocenters. The lowest BCUT2D eigenvalue weighted by molar-refractivity contribution is -0.148. The van der Waals surface area contributed by atoms with Gasteiger partial charge in [0.2, 0.25) is 0 Å². The summed E-state index contributed by atoms with van der Waals surface area (Å²) in [4.78, 5) is 47.6. The highest BCUT2D eigenvalue weighted by molar-refractivity contribution is 7.18. The molecule has 1 heterocycles. The molecule has 0 aliphatic carbocycles. The minimum atomic E-state index is -0.763. The molecule has 27 heavy (non-hydrogen) atoms. The van der Waals surface area contributed by atoms with Gasteiger partial charge in [0.15, 0.2) is 12.4 Å². The van der Waals surface area contributed by atoms with Crippen LogP contribution in [0.15, 0.2) is 36.4 Å². The third-order valence-electron chi connectivity index (χ3n) is 3.37. The predicted octanol–water partition coefficient (Wildman–Crippen LogP) is 2.87. The molecule has 0 saturated carbocycles. The van der Waals surface area contributed by atoms with Gasteiger partial charge in [0.1, 0.15) is 5.75 Å². The highest BCUT2D eigenvalue weighted by Crippen LogP contribution is 2.22. The van der Waals surface area contributed by atoms with Crippen molar-refractivity contribution in [3.8, 4) is 5.75 Å². The standard InChI is InChI=1S/C18H16ClNO6S/c1-25-12-4-2-11(3-5-12)18(24)20-16(22)10-26-17(23)9-6-13(21)14-7-8-15(19)27-14/h2-5,7-8H,6,9-10H2,1H3,(H,20,22,24). The Kier molecular flexibility index (Phi) is 7.51. The largest absolute Gasteiger partial charge is 0.497 e. The van der Waals surface area contributed by atoms with Crippen molar-refractivity contribution in [2.24, 2.45) is 0 Å². The van der Waals surface area contributed by atoms with Gasteiger partial charge in [-0.25, -0.2) is 0 Å². The van der Waals surface area contributed by atoms with Crippen molar-refractivity contribution in [3.05, 3.63) is 51.2 Å². The SMILES string of the molecule is COc1ccc(C(=O)NC(=O)COC(=O)CCC(=O)c2ccc(Cl)s2)cc1. The van der Waals surface area contributed by atoms with Gasteiger partial charge in [0.05, 0.1) is 22.7 Å². The summed E-state index contributed by atoms with van der Waals surface area (Å²) in [5.74, 6) is -1.75. The van der Waals surface area contributed by atoms with E-state index in [1.54, 1.807) is 24.3 Å².